The number of nitrogens with zero attached hydrogens (tertiary/aromatic N) is 1. The summed E-state index contributed by atoms with van der Waals surface area (Å²) in [5, 5.41) is 12.9. The maximum Gasteiger partial charge on any atom is 0.238 e. The number of hydrogen-bond donors (Lipinski definition) is 1. The minimum absolute atomic E-state index is 0.0945. The number of thiophene rings is 1. The van der Waals surface area contributed by atoms with Gasteiger partial charge in [-0.15, -0.1) is 11.3 Å². The monoisotopic (exact) mass is 326 g/mol. The molecule has 1 aliphatic rings. The van der Waals surface area contributed by atoms with Crippen molar-refractivity contribution in [3.8, 4) is 6.07 Å². The molecule has 0 spiro atoms. The van der Waals surface area contributed by atoms with E-state index >= 15 is 0 Å². The summed E-state index contributed by atoms with van der Waals surface area (Å²) < 4.78 is 0. The number of fused-ring (bicyclic) bond motifs is 1. The van der Waals surface area contributed by atoms with Crippen LogP contribution in [0.25, 0.3) is 0 Å². The van der Waals surface area contributed by atoms with E-state index in [1.807, 2.05) is 0 Å². The second-order valence-electron chi connectivity index (χ2n) is 4.49. The highest BCUT2D eigenvalue weighted by Gasteiger charge is 2.21. The number of anilines is 1. The molecule has 1 heterocycles. The Morgan fingerprint density at radius 3 is 2.83 bits per heavy atom. The van der Waals surface area contributed by atoms with E-state index in [2.05, 4.69) is 27.3 Å². The van der Waals surface area contributed by atoms with Gasteiger partial charge in [0.2, 0.25) is 5.91 Å². The molecule has 0 saturated heterocycles. The minimum atomic E-state index is -0.244. The van der Waals surface area contributed by atoms with Crippen LogP contribution in [-0.2, 0) is 17.6 Å². The highest BCUT2D eigenvalue weighted by molar-refractivity contribution is 9.10. The lowest BCUT2D eigenvalue weighted by Crippen LogP contribution is -2.19. The molecular formula is C13H15BrN2OS. The molecule has 1 amide bonds. The Balaban J connectivity index is 2.32. The second kappa shape index (κ2) is 5.85. The average Bonchev–Trinajstić information content (AvgIpc) is 2.50. The first kappa shape index (κ1) is 13.6. The predicted octanol–water partition coefficient (Wildman–Crippen LogP) is 3.61. The molecule has 3 nitrogen and oxygen atoms in total. The van der Waals surface area contributed by atoms with Crippen LogP contribution in [0.3, 0.4) is 0 Å². The van der Waals surface area contributed by atoms with Crippen LogP contribution in [0.4, 0.5) is 5.00 Å². The normalized spacial score (nSPS) is 16.3. The maximum atomic E-state index is 11.7. The van der Waals surface area contributed by atoms with Gasteiger partial charge in [0, 0.05) is 4.88 Å². The Morgan fingerprint density at radius 1 is 1.44 bits per heavy atom. The van der Waals surface area contributed by atoms with E-state index in [0.29, 0.717) is 5.56 Å². The van der Waals surface area contributed by atoms with Crippen LogP contribution in [0.1, 0.15) is 42.2 Å². The van der Waals surface area contributed by atoms with Crippen molar-refractivity contribution in [1.82, 2.24) is 0 Å². The SMILES string of the molecule is C[C@@H](Br)C(=O)Nc1sc2c(c1C#N)CCCCC2. The summed E-state index contributed by atoms with van der Waals surface area (Å²) >= 11 is 4.81. The highest BCUT2D eigenvalue weighted by atomic mass is 79.9. The third-order valence-corrected chi connectivity index (χ3v) is 4.75. The fourth-order valence-corrected chi connectivity index (χ4v) is 3.52. The van der Waals surface area contributed by atoms with Gasteiger partial charge in [0.05, 0.1) is 10.4 Å². The lowest BCUT2D eigenvalue weighted by molar-refractivity contribution is -0.115. The smallest absolute Gasteiger partial charge is 0.238 e. The third kappa shape index (κ3) is 2.76. The molecule has 1 aliphatic carbocycles. The molecule has 18 heavy (non-hydrogen) atoms. The molecule has 2 rings (SSSR count). The lowest BCUT2D eigenvalue weighted by atomic mass is 10.1. The largest absolute Gasteiger partial charge is 0.316 e. The van der Waals surface area contributed by atoms with Crippen LogP contribution >= 0.6 is 27.3 Å². The number of halogens is 1. The predicted molar refractivity (Wildman–Crippen MR) is 77.3 cm³/mol. The Labute approximate surface area is 119 Å². The third-order valence-electron chi connectivity index (χ3n) is 3.13. The fourth-order valence-electron chi connectivity index (χ4n) is 2.16. The molecular weight excluding hydrogens is 312 g/mol. The fraction of sp³-hybridized carbons (Fsp3) is 0.538. The first-order valence-corrected chi connectivity index (χ1v) is 7.86. The number of amides is 1. The molecule has 0 saturated carbocycles. The molecule has 0 fully saturated rings. The van der Waals surface area contributed by atoms with Crippen LogP contribution in [0.2, 0.25) is 0 Å². The molecule has 1 aromatic heterocycles. The van der Waals surface area contributed by atoms with Gasteiger partial charge in [-0.05, 0) is 38.2 Å². The van der Waals surface area contributed by atoms with Crippen LogP contribution < -0.4 is 5.32 Å². The molecule has 1 aromatic rings. The van der Waals surface area contributed by atoms with Crippen molar-refractivity contribution in [3.05, 3.63) is 16.0 Å². The number of carbonyl (C=O) groups is 1. The minimum Gasteiger partial charge on any atom is -0.316 e. The number of carbonyl (C=O) groups excluding carboxylic acids is 1. The van der Waals surface area contributed by atoms with Gasteiger partial charge >= 0.3 is 0 Å². The van der Waals surface area contributed by atoms with E-state index in [4.69, 9.17) is 0 Å². The van der Waals surface area contributed by atoms with Crippen molar-refractivity contribution in [2.24, 2.45) is 0 Å². The molecule has 0 radical (unpaired) electrons. The lowest BCUT2D eigenvalue weighted by Gasteiger charge is -2.05. The number of rotatable bonds is 2. The van der Waals surface area contributed by atoms with Crippen molar-refractivity contribution in [2.45, 2.75) is 43.9 Å². The molecule has 0 aliphatic heterocycles. The van der Waals surface area contributed by atoms with Gasteiger partial charge in [-0.3, -0.25) is 4.79 Å². The van der Waals surface area contributed by atoms with Gasteiger partial charge in [-0.2, -0.15) is 5.26 Å². The summed E-state index contributed by atoms with van der Waals surface area (Å²) in [6, 6.07) is 2.26. The van der Waals surface area contributed by atoms with E-state index in [9.17, 15) is 10.1 Å². The summed E-state index contributed by atoms with van der Waals surface area (Å²) in [6.45, 7) is 1.78. The zero-order valence-electron chi connectivity index (χ0n) is 10.3. The molecule has 96 valence electrons. The Kier molecular flexibility index (Phi) is 4.41. The van der Waals surface area contributed by atoms with Gasteiger partial charge in [0.1, 0.15) is 11.1 Å². The van der Waals surface area contributed by atoms with Crippen molar-refractivity contribution >= 4 is 38.2 Å². The second-order valence-corrected chi connectivity index (χ2v) is 6.96. The standard InChI is InChI=1S/C13H15BrN2OS/c1-8(14)12(17)16-13-10(7-15)9-5-3-2-4-6-11(9)18-13/h8H,2-6H2,1H3,(H,16,17)/t8-/m1/s1. The van der Waals surface area contributed by atoms with Gasteiger partial charge in [-0.25, -0.2) is 0 Å². The van der Waals surface area contributed by atoms with Gasteiger partial charge in [-0.1, -0.05) is 22.4 Å². The molecule has 0 aromatic carbocycles. The van der Waals surface area contributed by atoms with E-state index in [-0.39, 0.29) is 10.7 Å². The van der Waals surface area contributed by atoms with Crippen molar-refractivity contribution in [1.29, 1.82) is 5.26 Å². The summed E-state index contributed by atoms with van der Waals surface area (Å²) in [5.74, 6) is -0.0945. The quantitative estimate of drug-likeness (QED) is 0.666. The molecule has 5 heteroatoms. The number of nitrogens with one attached hydrogen (secondary N) is 1. The Hall–Kier alpha value is -0.860. The van der Waals surface area contributed by atoms with Crippen LogP contribution in [0.5, 0.6) is 0 Å². The zero-order valence-corrected chi connectivity index (χ0v) is 12.7. The number of aryl methyl sites for hydroxylation is 1. The highest BCUT2D eigenvalue weighted by Crippen LogP contribution is 2.37. The summed E-state index contributed by atoms with van der Waals surface area (Å²) in [4.78, 5) is 12.7. The molecule has 0 bridgehead atoms. The topological polar surface area (TPSA) is 52.9 Å². The average molecular weight is 327 g/mol. The summed E-state index contributed by atoms with van der Waals surface area (Å²) in [5.41, 5.74) is 1.84. The number of hydrogen-bond acceptors (Lipinski definition) is 3. The number of nitriles is 1. The summed E-state index contributed by atoms with van der Waals surface area (Å²) in [7, 11) is 0. The number of alkyl halides is 1. The van der Waals surface area contributed by atoms with Crippen LogP contribution in [0.15, 0.2) is 0 Å². The van der Waals surface area contributed by atoms with Crippen LogP contribution in [-0.4, -0.2) is 10.7 Å². The van der Waals surface area contributed by atoms with E-state index < -0.39 is 0 Å². The first-order chi connectivity index (χ1) is 8.63. The van der Waals surface area contributed by atoms with Crippen molar-refractivity contribution < 1.29 is 4.79 Å². The maximum absolute atomic E-state index is 11.7. The molecule has 1 N–H and O–H groups in total. The van der Waals surface area contributed by atoms with E-state index in [1.54, 1.807) is 18.3 Å². The summed E-state index contributed by atoms with van der Waals surface area (Å²) in [6.07, 6.45) is 5.55. The van der Waals surface area contributed by atoms with Gasteiger partial charge < -0.3 is 5.32 Å². The Bertz CT molecular complexity index is 502. The van der Waals surface area contributed by atoms with E-state index in [1.165, 1.54) is 17.7 Å². The van der Waals surface area contributed by atoms with Gasteiger partial charge in [0.25, 0.3) is 0 Å². The van der Waals surface area contributed by atoms with Crippen molar-refractivity contribution in [3.63, 3.8) is 0 Å². The molecule has 0 unspecified atom stereocenters. The van der Waals surface area contributed by atoms with Crippen molar-refractivity contribution in [2.75, 3.05) is 5.32 Å². The Morgan fingerprint density at radius 2 is 2.17 bits per heavy atom. The van der Waals surface area contributed by atoms with E-state index in [0.717, 1.165) is 29.8 Å². The van der Waals surface area contributed by atoms with Crippen LogP contribution in [0, 0.1) is 11.3 Å². The zero-order chi connectivity index (χ0) is 13.1. The van der Waals surface area contributed by atoms with Gasteiger partial charge in [0.15, 0.2) is 0 Å². The molecule has 1 atom stereocenters. The first-order valence-electron chi connectivity index (χ1n) is 6.13.